The summed E-state index contributed by atoms with van der Waals surface area (Å²) in [5.41, 5.74) is -0.0431. The van der Waals surface area contributed by atoms with Crippen molar-refractivity contribution in [2.45, 2.75) is 64.5 Å². The van der Waals surface area contributed by atoms with Crippen molar-refractivity contribution in [3.63, 3.8) is 0 Å². The molecule has 0 radical (unpaired) electrons. The molecule has 0 heterocycles. The average Bonchev–Trinajstić information content (AvgIpc) is 2.70. The van der Waals surface area contributed by atoms with Crippen LogP contribution in [-0.4, -0.2) is 25.3 Å². The topological polar surface area (TPSA) is 21.3 Å². The Hall–Kier alpha value is -0.0800. The fraction of sp³-hybridized carbons (Fsp3) is 1.00. The van der Waals surface area contributed by atoms with E-state index in [2.05, 4.69) is 26.1 Å². The highest BCUT2D eigenvalue weighted by Crippen LogP contribution is 2.31. The summed E-state index contributed by atoms with van der Waals surface area (Å²) in [6, 6.07) is 0.496. The van der Waals surface area contributed by atoms with Crippen LogP contribution in [0, 0.1) is 5.92 Å². The van der Waals surface area contributed by atoms with Crippen molar-refractivity contribution >= 4 is 0 Å². The minimum Gasteiger partial charge on any atom is -0.377 e. The third kappa shape index (κ3) is 3.76. The van der Waals surface area contributed by atoms with Crippen molar-refractivity contribution < 1.29 is 4.74 Å². The van der Waals surface area contributed by atoms with Crippen LogP contribution in [-0.2, 0) is 4.74 Å². The van der Waals surface area contributed by atoms with Crippen LogP contribution in [0.2, 0.25) is 0 Å². The summed E-state index contributed by atoms with van der Waals surface area (Å²) in [5, 5.41) is 3.58. The molecule has 2 heteroatoms. The summed E-state index contributed by atoms with van der Waals surface area (Å²) in [4.78, 5) is 0. The van der Waals surface area contributed by atoms with Crippen molar-refractivity contribution in [3.05, 3.63) is 0 Å². The predicted molar refractivity (Wildman–Crippen MR) is 65.1 cm³/mol. The molecule has 0 aromatic carbocycles. The van der Waals surface area contributed by atoms with Crippen LogP contribution < -0.4 is 5.32 Å². The Bertz CT molecular complexity index is 173. The lowest BCUT2D eigenvalue weighted by Gasteiger charge is -2.35. The van der Waals surface area contributed by atoms with Crippen LogP contribution in [0.5, 0.6) is 0 Å². The monoisotopic (exact) mass is 213 g/mol. The summed E-state index contributed by atoms with van der Waals surface area (Å²) < 4.78 is 5.60. The Morgan fingerprint density at radius 1 is 1.33 bits per heavy atom. The fourth-order valence-corrected chi connectivity index (χ4v) is 2.58. The van der Waals surface area contributed by atoms with Crippen molar-refractivity contribution in [2.75, 3.05) is 13.7 Å². The first-order valence-corrected chi connectivity index (χ1v) is 6.38. The maximum Gasteiger partial charge on any atom is 0.0775 e. The van der Waals surface area contributed by atoms with Gasteiger partial charge in [-0.15, -0.1) is 0 Å². The summed E-state index contributed by atoms with van der Waals surface area (Å²) in [7, 11) is 1.82. The maximum absolute atomic E-state index is 5.60. The first-order valence-electron chi connectivity index (χ1n) is 6.38. The van der Waals surface area contributed by atoms with Gasteiger partial charge < -0.3 is 10.1 Å². The third-order valence-corrected chi connectivity index (χ3v) is 3.86. The number of hydrogen-bond acceptors (Lipinski definition) is 2. The Morgan fingerprint density at radius 3 is 2.40 bits per heavy atom. The molecule has 1 aliphatic carbocycles. The number of hydrogen-bond donors (Lipinski definition) is 1. The summed E-state index contributed by atoms with van der Waals surface area (Å²) in [5.74, 6) is 0.920. The Morgan fingerprint density at radius 2 is 1.93 bits per heavy atom. The second-order valence-corrected chi connectivity index (χ2v) is 5.30. The van der Waals surface area contributed by atoms with Gasteiger partial charge in [0.15, 0.2) is 0 Å². The van der Waals surface area contributed by atoms with Gasteiger partial charge in [-0.05, 0) is 32.7 Å². The highest BCUT2D eigenvalue weighted by molar-refractivity contribution is 4.88. The van der Waals surface area contributed by atoms with Crippen molar-refractivity contribution in [1.82, 2.24) is 5.32 Å². The zero-order valence-electron chi connectivity index (χ0n) is 10.8. The molecular formula is C13H27NO. The molecule has 1 rings (SSSR count). The van der Waals surface area contributed by atoms with E-state index in [1.807, 2.05) is 7.11 Å². The minimum atomic E-state index is -0.0431. The summed E-state index contributed by atoms with van der Waals surface area (Å²) >= 11 is 0. The van der Waals surface area contributed by atoms with Gasteiger partial charge >= 0.3 is 0 Å². The van der Waals surface area contributed by atoms with Crippen LogP contribution in [0.4, 0.5) is 0 Å². The van der Waals surface area contributed by atoms with E-state index >= 15 is 0 Å². The Kier molecular flexibility index (Phi) is 5.07. The second-order valence-electron chi connectivity index (χ2n) is 5.30. The molecule has 0 aliphatic heterocycles. The lowest BCUT2D eigenvalue weighted by Crippen LogP contribution is -2.48. The third-order valence-electron chi connectivity index (χ3n) is 3.86. The molecule has 15 heavy (non-hydrogen) atoms. The van der Waals surface area contributed by atoms with Crippen LogP contribution in [0.25, 0.3) is 0 Å². The maximum atomic E-state index is 5.60. The molecule has 1 aliphatic rings. The second kappa shape index (κ2) is 5.86. The molecule has 90 valence electrons. The van der Waals surface area contributed by atoms with Gasteiger partial charge in [0.05, 0.1) is 5.60 Å². The SMILES string of the molecule is CCNC(CC1CCCC1)C(C)(C)OC. The largest absolute Gasteiger partial charge is 0.377 e. The highest BCUT2D eigenvalue weighted by atomic mass is 16.5. The predicted octanol–water partition coefficient (Wildman–Crippen LogP) is 2.97. The standard InChI is InChI=1S/C13H27NO/c1-5-14-12(13(2,3)15-4)10-11-8-6-7-9-11/h11-12,14H,5-10H2,1-4H3. The molecule has 0 spiro atoms. The molecule has 0 amide bonds. The number of methoxy groups -OCH3 is 1. The quantitative estimate of drug-likeness (QED) is 0.732. The Labute approximate surface area is 94.8 Å². The molecule has 1 fully saturated rings. The van der Waals surface area contributed by atoms with E-state index < -0.39 is 0 Å². The number of ether oxygens (including phenoxy) is 1. The number of likely N-dealkylation sites (N-methyl/N-ethyl adjacent to an activating group) is 1. The first-order chi connectivity index (χ1) is 7.10. The molecule has 2 nitrogen and oxygen atoms in total. The van der Waals surface area contributed by atoms with E-state index in [4.69, 9.17) is 4.74 Å². The van der Waals surface area contributed by atoms with Gasteiger partial charge in [-0.25, -0.2) is 0 Å². The van der Waals surface area contributed by atoms with E-state index in [0.29, 0.717) is 6.04 Å². The molecule has 0 bridgehead atoms. The lowest BCUT2D eigenvalue weighted by molar-refractivity contribution is -0.0162. The molecule has 0 aromatic heterocycles. The smallest absolute Gasteiger partial charge is 0.0775 e. The van der Waals surface area contributed by atoms with Gasteiger partial charge in [-0.2, -0.15) is 0 Å². The molecule has 0 aromatic rings. The fourth-order valence-electron chi connectivity index (χ4n) is 2.58. The van der Waals surface area contributed by atoms with Crippen LogP contribution in [0.15, 0.2) is 0 Å². The van der Waals surface area contributed by atoms with E-state index in [1.165, 1.54) is 32.1 Å². The van der Waals surface area contributed by atoms with E-state index in [0.717, 1.165) is 12.5 Å². The van der Waals surface area contributed by atoms with E-state index in [1.54, 1.807) is 0 Å². The van der Waals surface area contributed by atoms with Crippen LogP contribution >= 0.6 is 0 Å². The zero-order valence-corrected chi connectivity index (χ0v) is 10.8. The van der Waals surface area contributed by atoms with E-state index in [-0.39, 0.29) is 5.60 Å². The van der Waals surface area contributed by atoms with Crippen molar-refractivity contribution in [2.24, 2.45) is 5.92 Å². The van der Waals surface area contributed by atoms with Gasteiger partial charge in [0, 0.05) is 13.2 Å². The number of nitrogens with one attached hydrogen (secondary N) is 1. The van der Waals surface area contributed by atoms with Crippen LogP contribution in [0.3, 0.4) is 0 Å². The van der Waals surface area contributed by atoms with Gasteiger partial charge in [0.1, 0.15) is 0 Å². The molecule has 1 atom stereocenters. The Balaban J connectivity index is 2.48. The molecule has 1 N–H and O–H groups in total. The molecular weight excluding hydrogens is 186 g/mol. The minimum absolute atomic E-state index is 0.0431. The average molecular weight is 213 g/mol. The van der Waals surface area contributed by atoms with Gasteiger partial charge in [0.25, 0.3) is 0 Å². The van der Waals surface area contributed by atoms with Gasteiger partial charge in [-0.1, -0.05) is 32.6 Å². The van der Waals surface area contributed by atoms with Crippen LogP contribution in [0.1, 0.15) is 52.9 Å². The molecule has 1 saturated carbocycles. The molecule has 1 unspecified atom stereocenters. The summed E-state index contributed by atoms with van der Waals surface area (Å²) in [6.07, 6.45) is 6.96. The van der Waals surface area contributed by atoms with Crippen molar-refractivity contribution in [1.29, 1.82) is 0 Å². The summed E-state index contributed by atoms with van der Waals surface area (Å²) in [6.45, 7) is 7.59. The lowest BCUT2D eigenvalue weighted by atomic mass is 9.88. The molecule has 0 saturated heterocycles. The van der Waals surface area contributed by atoms with Crippen molar-refractivity contribution in [3.8, 4) is 0 Å². The highest BCUT2D eigenvalue weighted by Gasteiger charge is 2.31. The van der Waals surface area contributed by atoms with Gasteiger partial charge in [0.2, 0.25) is 0 Å². The van der Waals surface area contributed by atoms with Gasteiger partial charge in [-0.3, -0.25) is 0 Å². The first kappa shape index (κ1) is 13.0. The zero-order chi connectivity index (χ0) is 11.3. The number of rotatable bonds is 6. The normalized spacial score (nSPS) is 20.8. The van der Waals surface area contributed by atoms with E-state index in [9.17, 15) is 0 Å².